The number of aromatic nitrogens is 2. The minimum absolute atomic E-state index is 0.235. The quantitative estimate of drug-likeness (QED) is 0.160. The average molecular weight is 521 g/mol. The lowest BCUT2D eigenvalue weighted by Crippen LogP contribution is -2.07. The molecule has 0 fully saturated rings. The van der Waals surface area contributed by atoms with Gasteiger partial charge in [-0.05, 0) is 67.9 Å². The number of nitrogens with one attached hydrogen (secondary N) is 2. The number of rotatable bonds is 15. The van der Waals surface area contributed by atoms with E-state index >= 15 is 0 Å². The Hall–Kier alpha value is -3.28. The van der Waals surface area contributed by atoms with E-state index < -0.39 is 0 Å². The van der Waals surface area contributed by atoms with Gasteiger partial charge in [-0.15, -0.1) is 0 Å². The number of aromatic amines is 2. The third-order valence-corrected chi connectivity index (χ3v) is 7.32. The molecule has 38 heavy (non-hydrogen) atoms. The van der Waals surface area contributed by atoms with Crippen LogP contribution in [0.3, 0.4) is 0 Å². The van der Waals surface area contributed by atoms with Gasteiger partial charge >= 0.3 is 11.9 Å². The first-order chi connectivity index (χ1) is 18.4. The molecule has 2 aromatic heterocycles. The Morgan fingerprint density at radius 2 is 1.32 bits per heavy atom. The third kappa shape index (κ3) is 7.40. The summed E-state index contributed by atoms with van der Waals surface area (Å²) in [6, 6.07) is 9.72. The number of ether oxygens (including phenoxy) is 2. The number of hydrogen-bond donors (Lipinski definition) is 2. The highest BCUT2D eigenvalue weighted by Gasteiger charge is 2.24. The number of unbranched alkanes of at least 4 members (excludes halogenated alkanes) is 5. The topological polar surface area (TPSA) is 84.2 Å². The van der Waals surface area contributed by atoms with Gasteiger partial charge in [0.15, 0.2) is 0 Å². The lowest BCUT2D eigenvalue weighted by atomic mass is 9.98. The van der Waals surface area contributed by atoms with Crippen molar-refractivity contribution in [1.29, 1.82) is 0 Å². The molecule has 0 aliphatic carbocycles. The highest BCUT2D eigenvalue weighted by atomic mass is 16.5. The summed E-state index contributed by atoms with van der Waals surface area (Å²) in [5.41, 5.74) is 8.18. The number of hydrogen-bond acceptors (Lipinski definition) is 4. The molecule has 0 saturated heterocycles. The van der Waals surface area contributed by atoms with E-state index in [-0.39, 0.29) is 18.5 Å². The molecule has 0 saturated carbocycles. The van der Waals surface area contributed by atoms with E-state index in [0.29, 0.717) is 24.4 Å². The van der Waals surface area contributed by atoms with Crippen LogP contribution in [0.15, 0.2) is 30.3 Å². The van der Waals surface area contributed by atoms with Gasteiger partial charge < -0.3 is 19.4 Å². The third-order valence-electron chi connectivity index (χ3n) is 7.32. The molecule has 0 aliphatic heterocycles. The zero-order valence-corrected chi connectivity index (χ0v) is 23.8. The molecule has 0 atom stereocenters. The van der Waals surface area contributed by atoms with Crippen molar-refractivity contribution in [3.63, 3.8) is 0 Å². The first-order valence-electron chi connectivity index (χ1n) is 14.2. The summed E-state index contributed by atoms with van der Waals surface area (Å²) < 4.78 is 10.9. The van der Waals surface area contributed by atoms with Crippen molar-refractivity contribution in [1.82, 2.24) is 9.97 Å². The monoisotopic (exact) mass is 520 g/mol. The normalized spacial score (nSPS) is 11.1. The summed E-state index contributed by atoms with van der Waals surface area (Å²) in [5.74, 6) is -0.668. The van der Waals surface area contributed by atoms with E-state index in [4.69, 9.17) is 9.47 Å². The average Bonchev–Trinajstić information content (AvgIpc) is 3.40. The molecule has 0 unspecified atom stereocenters. The zero-order chi connectivity index (χ0) is 27.5. The molecular formula is C32H44N2O4. The van der Waals surface area contributed by atoms with Gasteiger partial charge in [-0.3, -0.25) is 0 Å². The van der Waals surface area contributed by atoms with Gasteiger partial charge in [-0.2, -0.15) is 0 Å². The molecule has 2 N–H and O–H groups in total. The maximum Gasteiger partial charge on any atom is 0.355 e. The summed E-state index contributed by atoms with van der Waals surface area (Å²) >= 11 is 0. The molecule has 0 amide bonds. The van der Waals surface area contributed by atoms with Crippen molar-refractivity contribution in [2.24, 2.45) is 0 Å². The van der Waals surface area contributed by atoms with Crippen LogP contribution in [0.1, 0.15) is 119 Å². The van der Waals surface area contributed by atoms with Crippen LogP contribution < -0.4 is 0 Å². The Balaban J connectivity index is 1.86. The molecule has 0 radical (unpaired) electrons. The molecular weight excluding hydrogens is 476 g/mol. The van der Waals surface area contributed by atoms with Crippen molar-refractivity contribution in [2.45, 2.75) is 99.0 Å². The molecule has 206 valence electrons. The van der Waals surface area contributed by atoms with E-state index in [1.54, 1.807) is 0 Å². The van der Waals surface area contributed by atoms with Crippen molar-refractivity contribution >= 4 is 11.9 Å². The molecule has 1 aromatic carbocycles. The fourth-order valence-corrected chi connectivity index (χ4v) is 5.18. The van der Waals surface area contributed by atoms with Crippen molar-refractivity contribution in [2.75, 3.05) is 6.61 Å². The molecule has 6 heteroatoms. The minimum Gasteiger partial charge on any atom is -0.461 e. The summed E-state index contributed by atoms with van der Waals surface area (Å²) in [5, 5.41) is 0. The summed E-state index contributed by atoms with van der Waals surface area (Å²) in [7, 11) is 0. The first kappa shape index (κ1) is 29.3. The van der Waals surface area contributed by atoms with E-state index in [0.717, 1.165) is 52.9 Å². The van der Waals surface area contributed by atoms with Crippen LogP contribution in [0.25, 0.3) is 0 Å². The first-order valence-corrected chi connectivity index (χ1v) is 14.2. The van der Waals surface area contributed by atoms with Crippen molar-refractivity contribution in [3.05, 3.63) is 80.9 Å². The van der Waals surface area contributed by atoms with Gasteiger partial charge in [0.05, 0.1) is 6.61 Å². The molecule has 0 aliphatic rings. The van der Waals surface area contributed by atoms with Crippen molar-refractivity contribution < 1.29 is 19.1 Å². The summed E-state index contributed by atoms with van der Waals surface area (Å²) in [6.45, 7) is 10.7. The maximum atomic E-state index is 13.1. The smallest absolute Gasteiger partial charge is 0.355 e. The highest BCUT2D eigenvalue weighted by molar-refractivity contribution is 5.90. The summed E-state index contributed by atoms with van der Waals surface area (Å²) in [4.78, 5) is 32.4. The Kier molecular flexibility index (Phi) is 11.3. The second-order valence-corrected chi connectivity index (χ2v) is 9.99. The predicted octanol–water partition coefficient (Wildman–Crippen LogP) is 7.55. The Labute approximate surface area is 227 Å². The summed E-state index contributed by atoms with van der Waals surface area (Å²) in [6.07, 6.45) is 9.55. The van der Waals surface area contributed by atoms with E-state index in [1.165, 1.54) is 37.7 Å². The van der Waals surface area contributed by atoms with Crippen LogP contribution in [-0.2, 0) is 35.3 Å². The van der Waals surface area contributed by atoms with E-state index in [2.05, 4.69) is 23.8 Å². The second kappa shape index (κ2) is 14.6. The van der Waals surface area contributed by atoms with Gasteiger partial charge in [-0.25, -0.2) is 9.59 Å². The van der Waals surface area contributed by atoms with Crippen LogP contribution in [-0.4, -0.2) is 28.5 Å². The molecule has 2 heterocycles. The standard InChI is InChI=1S/C32H44N2O4/c1-6-9-10-11-12-16-19-26-23(5)30(32(36)38-21-24-17-14-13-15-18-24)34-28(26)20-27-25(7-2)22(4)29(33-27)31(35)37-8-3/h13-15,17-18,33-34H,6-12,16,19-21H2,1-5H3. The molecule has 0 bridgehead atoms. The second-order valence-electron chi connectivity index (χ2n) is 9.99. The van der Waals surface area contributed by atoms with Gasteiger partial charge in [0.25, 0.3) is 0 Å². The predicted molar refractivity (Wildman–Crippen MR) is 152 cm³/mol. The van der Waals surface area contributed by atoms with Crippen LogP contribution in [0.4, 0.5) is 0 Å². The number of carbonyl (C=O) groups is 2. The van der Waals surface area contributed by atoms with Gasteiger partial charge in [0.1, 0.15) is 18.0 Å². The maximum absolute atomic E-state index is 13.1. The van der Waals surface area contributed by atoms with Crippen LogP contribution in [0.5, 0.6) is 0 Å². The SMILES string of the molecule is CCCCCCCCc1c(Cc2[nH]c(C(=O)OCC)c(C)c2CC)[nH]c(C(=O)OCc2ccccc2)c1C. The Morgan fingerprint density at radius 3 is 1.95 bits per heavy atom. The van der Waals surface area contributed by atoms with E-state index in [1.807, 2.05) is 51.1 Å². The Morgan fingerprint density at radius 1 is 0.737 bits per heavy atom. The van der Waals surface area contributed by atoms with Crippen LogP contribution in [0.2, 0.25) is 0 Å². The zero-order valence-electron chi connectivity index (χ0n) is 23.8. The number of carbonyl (C=O) groups excluding carboxylic acids is 2. The molecule has 6 nitrogen and oxygen atoms in total. The number of H-pyrrole nitrogens is 2. The lowest BCUT2D eigenvalue weighted by molar-refractivity contribution is 0.0464. The molecule has 3 rings (SSSR count). The number of benzene rings is 1. The Bertz CT molecular complexity index is 1190. The van der Waals surface area contributed by atoms with E-state index in [9.17, 15) is 9.59 Å². The lowest BCUT2D eigenvalue weighted by Gasteiger charge is -2.07. The van der Waals surface area contributed by atoms with Crippen LogP contribution >= 0.6 is 0 Å². The molecule has 0 spiro atoms. The number of esters is 2. The highest BCUT2D eigenvalue weighted by Crippen LogP contribution is 2.28. The van der Waals surface area contributed by atoms with Gasteiger partial charge in [0, 0.05) is 17.8 Å². The minimum atomic E-state index is -0.340. The van der Waals surface area contributed by atoms with Crippen LogP contribution in [0, 0.1) is 13.8 Å². The van der Waals surface area contributed by atoms with Gasteiger partial charge in [0.2, 0.25) is 0 Å². The largest absolute Gasteiger partial charge is 0.461 e. The molecule has 3 aromatic rings. The van der Waals surface area contributed by atoms with Gasteiger partial charge in [-0.1, -0.05) is 76.3 Å². The fourth-order valence-electron chi connectivity index (χ4n) is 5.18. The van der Waals surface area contributed by atoms with Crippen molar-refractivity contribution in [3.8, 4) is 0 Å². The fraction of sp³-hybridized carbons (Fsp3) is 0.500.